The van der Waals surface area contributed by atoms with Gasteiger partial charge in [0.1, 0.15) is 0 Å². The summed E-state index contributed by atoms with van der Waals surface area (Å²) in [7, 11) is 0. The highest BCUT2D eigenvalue weighted by Crippen LogP contribution is 2.52. The summed E-state index contributed by atoms with van der Waals surface area (Å²) in [6, 6.07) is 75.6. The molecule has 0 amide bonds. The van der Waals surface area contributed by atoms with Crippen molar-refractivity contribution in [3.8, 4) is 39.1 Å². The van der Waals surface area contributed by atoms with Gasteiger partial charge in [0.2, 0.25) is 0 Å². The average molecular weight is 729 g/mol. The van der Waals surface area contributed by atoms with Crippen molar-refractivity contribution in [2.75, 3.05) is 4.90 Å². The van der Waals surface area contributed by atoms with Crippen molar-refractivity contribution in [2.24, 2.45) is 0 Å². The van der Waals surface area contributed by atoms with Gasteiger partial charge in [0, 0.05) is 38.6 Å². The van der Waals surface area contributed by atoms with Gasteiger partial charge in [-0.1, -0.05) is 166 Å². The van der Waals surface area contributed by atoms with Crippen molar-refractivity contribution in [2.45, 2.75) is 19.3 Å². The van der Waals surface area contributed by atoms with Gasteiger partial charge in [-0.2, -0.15) is 0 Å². The molecule has 57 heavy (non-hydrogen) atoms. The maximum atomic E-state index is 2.50. The third-order valence-electron chi connectivity index (χ3n) is 12.2. The number of para-hydroxylation sites is 1. The van der Waals surface area contributed by atoms with Crippen molar-refractivity contribution in [1.82, 2.24) is 4.57 Å². The number of aromatic nitrogens is 1. The van der Waals surface area contributed by atoms with Crippen LogP contribution in [0, 0.1) is 0 Å². The summed E-state index contributed by atoms with van der Waals surface area (Å²) in [5.74, 6) is 0. The molecule has 270 valence electrons. The van der Waals surface area contributed by atoms with Crippen LogP contribution in [0.5, 0.6) is 0 Å². The van der Waals surface area contributed by atoms with Crippen LogP contribution >= 0.6 is 0 Å². The second kappa shape index (κ2) is 13.0. The number of fused-ring (bicyclic) bond motifs is 8. The molecule has 0 atom stereocenters. The van der Waals surface area contributed by atoms with Crippen LogP contribution in [-0.2, 0) is 5.41 Å². The average Bonchev–Trinajstić information content (AvgIpc) is 3.71. The topological polar surface area (TPSA) is 8.17 Å². The van der Waals surface area contributed by atoms with Crippen molar-refractivity contribution in [3.63, 3.8) is 0 Å². The van der Waals surface area contributed by atoms with Crippen molar-refractivity contribution in [3.05, 3.63) is 217 Å². The molecule has 0 bridgehead atoms. The first kappa shape index (κ1) is 33.2. The quantitative estimate of drug-likeness (QED) is 0.165. The first-order valence-electron chi connectivity index (χ1n) is 19.9. The van der Waals surface area contributed by atoms with Gasteiger partial charge in [-0.05, 0) is 104 Å². The molecule has 0 spiro atoms. The zero-order valence-corrected chi connectivity index (χ0v) is 32.0. The zero-order valence-electron chi connectivity index (χ0n) is 32.0. The summed E-state index contributed by atoms with van der Waals surface area (Å²) >= 11 is 0. The Morgan fingerprint density at radius 2 is 0.982 bits per heavy atom. The van der Waals surface area contributed by atoms with Gasteiger partial charge < -0.3 is 9.47 Å². The second-order valence-corrected chi connectivity index (χ2v) is 15.8. The molecular formula is C55H40N2. The summed E-state index contributed by atoms with van der Waals surface area (Å²) in [6.45, 7) is 4.74. The molecule has 0 radical (unpaired) electrons. The number of hydrogen-bond donors (Lipinski definition) is 0. The van der Waals surface area contributed by atoms with Crippen LogP contribution in [-0.4, -0.2) is 4.57 Å². The van der Waals surface area contributed by atoms with Gasteiger partial charge in [-0.3, -0.25) is 0 Å². The van der Waals surface area contributed by atoms with Gasteiger partial charge in [-0.15, -0.1) is 0 Å². The van der Waals surface area contributed by atoms with Crippen LogP contribution in [0.4, 0.5) is 17.1 Å². The molecule has 2 heteroatoms. The first-order valence-corrected chi connectivity index (χ1v) is 19.9. The molecular weight excluding hydrogens is 689 g/mol. The zero-order chi connectivity index (χ0) is 38.1. The minimum absolute atomic E-state index is 0.113. The Hall–Kier alpha value is -7.16. The lowest BCUT2D eigenvalue weighted by Gasteiger charge is -2.28. The van der Waals surface area contributed by atoms with Gasteiger partial charge in [-0.25, -0.2) is 0 Å². The fourth-order valence-corrected chi connectivity index (χ4v) is 9.41. The Morgan fingerprint density at radius 3 is 1.72 bits per heavy atom. The summed E-state index contributed by atoms with van der Waals surface area (Å²) in [5, 5.41) is 4.99. The number of hydrogen-bond acceptors (Lipinski definition) is 1. The minimum Gasteiger partial charge on any atom is -0.310 e. The van der Waals surface area contributed by atoms with E-state index in [1.54, 1.807) is 0 Å². The largest absolute Gasteiger partial charge is 0.310 e. The summed E-state index contributed by atoms with van der Waals surface area (Å²) < 4.78 is 2.50. The lowest BCUT2D eigenvalue weighted by atomic mass is 9.82. The smallest absolute Gasteiger partial charge is 0.0568 e. The SMILES string of the molecule is CC1(C)c2ccccc2-c2cc3c4c5ccccc5c(N(c5ccc(-c6ccccc6)cc5)c5cccc(-c6ccccc6)c5)cc4n(-c4ccccc4)c3cc21. The van der Waals surface area contributed by atoms with Gasteiger partial charge in [0.15, 0.2) is 0 Å². The monoisotopic (exact) mass is 728 g/mol. The van der Waals surface area contributed by atoms with Crippen LogP contribution in [0.25, 0.3) is 71.6 Å². The molecule has 1 heterocycles. The Bertz CT molecular complexity index is 3120. The lowest BCUT2D eigenvalue weighted by Crippen LogP contribution is -2.14. The number of anilines is 3. The predicted molar refractivity (Wildman–Crippen MR) is 241 cm³/mol. The van der Waals surface area contributed by atoms with E-state index >= 15 is 0 Å². The Labute approximate surface area is 333 Å². The van der Waals surface area contributed by atoms with E-state index in [1.807, 2.05) is 0 Å². The van der Waals surface area contributed by atoms with Crippen molar-refractivity contribution in [1.29, 1.82) is 0 Å². The van der Waals surface area contributed by atoms with E-state index in [9.17, 15) is 0 Å². The second-order valence-electron chi connectivity index (χ2n) is 15.8. The molecule has 9 aromatic carbocycles. The highest BCUT2D eigenvalue weighted by atomic mass is 15.1. The maximum Gasteiger partial charge on any atom is 0.0568 e. The van der Waals surface area contributed by atoms with Gasteiger partial charge in [0.05, 0.1) is 16.7 Å². The normalized spacial score (nSPS) is 12.9. The number of benzene rings is 9. The molecule has 2 nitrogen and oxygen atoms in total. The van der Waals surface area contributed by atoms with Crippen LogP contribution in [0.3, 0.4) is 0 Å². The first-order chi connectivity index (χ1) is 28.0. The molecule has 0 fully saturated rings. The standard InChI is InChI=1S/C55H40N2/c1-55(2)49-28-15-14-25-44(49)47-34-48-51(35-50(47)55)57(41-22-10-5-11-23-41)53-36-52(45-26-12-13-27-46(45)54(48)53)56(42-31-29-39(30-32-42)37-17-6-3-7-18-37)43-24-16-21-40(33-43)38-19-8-4-9-20-38/h3-36H,1-2H3. The van der Waals surface area contributed by atoms with Gasteiger partial charge >= 0.3 is 0 Å². The van der Waals surface area contributed by atoms with E-state index in [2.05, 4.69) is 230 Å². The van der Waals surface area contributed by atoms with E-state index in [-0.39, 0.29) is 5.41 Å². The Kier molecular flexibility index (Phi) is 7.55. The number of nitrogens with zero attached hydrogens (tertiary/aromatic N) is 2. The summed E-state index contributed by atoms with van der Waals surface area (Å²) in [5.41, 5.74) is 17.0. The molecule has 0 unspecified atom stereocenters. The fraction of sp³-hybridized carbons (Fsp3) is 0.0545. The summed E-state index contributed by atoms with van der Waals surface area (Å²) in [6.07, 6.45) is 0. The molecule has 0 aliphatic heterocycles. The van der Waals surface area contributed by atoms with Crippen molar-refractivity contribution < 1.29 is 0 Å². The molecule has 0 saturated carbocycles. The Morgan fingerprint density at radius 1 is 0.386 bits per heavy atom. The minimum atomic E-state index is -0.113. The maximum absolute atomic E-state index is 2.50. The predicted octanol–water partition coefficient (Wildman–Crippen LogP) is 15.0. The van der Waals surface area contributed by atoms with Crippen molar-refractivity contribution >= 4 is 49.6 Å². The third kappa shape index (κ3) is 5.25. The van der Waals surface area contributed by atoms with Crippen LogP contribution < -0.4 is 4.90 Å². The molecule has 10 aromatic rings. The van der Waals surface area contributed by atoms with E-state index < -0.39 is 0 Å². The van der Waals surface area contributed by atoms with Crippen LogP contribution in [0.2, 0.25) is 0 Å². The van der Waals surface area contributed by atoms with Crippen LogP contribution in [0.1, 0.15) is 25.0 Å². The Balaban J connectivity index is 1.23. The fourth-order valence-electron chi connectivity index (χ4n) is 9.41. The third-order valence-corrected chi connectivity index (χ3v) is 12.2. The summed E-state index contributed by atoms with van der Waals surface area (Å²) in [4.78, 5) is 2.45. The van der Waals surface area contributed by atoms with Gasteiger partial charge in [0.25, 0.3) is 0 Å². The van der Waals surface area contributed by atoms with E-state index in [4.69, 9.17) is 0 Å². The highest BCUT2D eigenvalue weighted by molar-refractivity contribution is 6.25. The molecule has 1 aliphatic rings. The van der Waals surface area contributed by atoms with E-state index in [0.717, 1.165) is 22.7 Å². The van der Waals surface area contributed by atoms with E-state index in [1.165, 1.54) is 77.1 Å². The van der Waals surface area contributed by atoms with Crippen LogP contribution in [0.15, 0.2) is 206 Å². The molecule has 1 aromatic heterocycles. The lowest BCUT2D eigenvalue weighted by molar-refractivity contribution is 0.661. The highest BCUT2D eigenvalue weighted by Gasteiger charge is 2.36. The molecule has 0 saturated heterocycles. The molecule has 0 N–H and O–H groups in total. The van der Waals surface area contributed by atoms with E-state index in [0.29, 0.717) is 0 Å². The molecule has 11 rings (SSSR count). The number of rotatable bonds is 6. The molecule has 1 aliphatic carbocycles.